The summed E-state index contributed by atoms with van der Waals surface area (Å²) in [6, 6.07) is 15.4. The highest BCUT2D eigenvalue weighted by Crippen LogP contribution is 2.18. The Bertz CT molecular complexity index is 623. The van der Waals surface area contributed by atoms with E-state index in [1.165, 1.54) is 0 Å². The molecule has 22 heavy (non-hydrogen) atoms. The first kappa shape index (κ1) is 16.4. The SMILES string of the molecule is CC(C)CC(=O)Nc1ccc(NCc2ccccc2Cl)cc1. The molecular weight excluding hydrogens is 296 g/mol. The summed E-state index contributed by atoms with van der Waals surface area (Å²) >= 11 is 6.13. The lowest BCUT2D eigenvalue weighted by atomic mass is 10.1. The zero-order valence-electron chi connectivity index (χ0n) is 12.9. The molecule has 116 valence electrons. The van der Waals surface area contributed by atoms with Crippen molar-refractivity contribution in [2.24, 2.45) is 5.92 Å². The average Bonchev–Trinajstić information content (AvgIpc) is 2.47. The zero-order chi connectivity index (χ0) is 15.9. The molecule has 0 saturated carbocycles. The number of hydrogen-bond acceptors (Lipinski definition) is 2. The molecule has 2 rings (SSSR count). The normalized spacial score (nSPS) is 10.5. The lowest BCUT2D eigenvalue weighted by Crippen LogP contribution is -2.13. The van der Waals surface area contributed by atoms with Crippen molar-refractivity contribution in [2.45, 2.75) is 26.8 Å². The average molecular weight is 317 g/mol. The van der Waals surface area contributed by atoms with Crippen LogP contribution in [0.3, 0.4) is 0 Å². The van der Waals surface area contributed by atoms with Gasteiger partial charge in [-0.25, -0.2) is 0 Å². The summed E-state index contributed by atoms with van der Waals surface area (Å²) in [6.07, 6.45) is 0.534. The van der Waals surface area contributed by atoms with Gasteiger partial charge in [0.25, 0.3) is 0 Å². The summed E-state index contributed by atoms with van der Waals surface area (Å²) in [4.78, 5) is 11.7. The molecule has 0 atom stereocenters. The van der Waals surface area contributed by atoms with E-state index in [0.29, 0.717) is 18.9 Å². The lowest BCUT2D eigenvalue weighted by molar-refractivity contribution is -0.116. The molecule has 2 N–H and O–H groups in total. The van der Waals surface area contributed by atoms with Crippen LogP contribution in [-0.4, -0.2) is 5.91 Å². The third-order valence-corrected chi connectivity index (χ3v) is 3.57. The van der Waals surface area contributed by atoms with Crippen molar-refractivity contribution in [1.29, 1.82) is 0 Å². The van der Waals surface area contributed by atoms with Crippen molar-refractivity contribution < 1.29 is 4.79 Å². The fraction of sp³-hybridized carbons (Fsp3) is 0.278. The van der Waals surface area contributed by atoms with Crippen LogP contribution in [0.1, 0.15) is 25.8 Å². The highest BCUT2D eigenvalue weighted by molar-refractivity contribution is 6.31. The monoisotopic (exact) mass is 316 g/mol. The summed E-state index contributed by atoms with van der Waals surface area (Å²) in [5, 5.41) is 6.97. The number of nitrogens with one attached hydrogen (secondary N) is 2. The van der Waals surface area contributed by atoms with Gasteiger partial charge >= 0.3 is 0 Å². The van der Waals surface area contributed by atoms with Crippen LogP contribution in [0, 0.1) is 5.92 Å². The summed E-state index contributed by atoms with van der Waals surface area (Å²) < 4.78 is 0. The quantitative estimate of drug-likeness (QED) is 0.792. The first-order chi connectivity index (χ1) is 10.5. The van der Waals surface area contributed by atoms with Gasteiger partial charge in [0.2, 0.25) is 5.91 Å². The van der Waals surface area contributed by atoms with E-state index in [0.717, 1.165) is 22.0 Å². The smallest absolute Gasteiger partial charge is 0.224 e. The molecule has 2 aromatic rings. The van der Waals surface area contributed by atoms with Gasteiger partial charge in [-0.05, 0) is 41.8 Å². The molecule has 0 aromatic heterocycles. The lowest BCUT2D eigenvalue weighted by Gasteiger charge is -2.10. The molecule has 0 saturated heterocycles. The predicted octanol–water partition coefficient (Wildman–Crippen LogP) is 4.94. The van der Waals surface area contributed by atoms with Gasteiger partial charge in [-0.15, -0.1) is 0 Å². The van der Waals surface area contributed by atoms with Crippen molar-refractivity contribution in [2.75, 3.05) is 10.6 Å². The summed E-state index contributed by atoms with van der Waals surface area (Å²) in [5.74, 6) is 0.406. The van der Waals surface area contributed by atoms with Crippen molar-refractivity contribution in [3.63, 3.8) is 0 Å². The number of amides is 1. The van der Waals surface area contributed by atoms with Crippen LogP contribution in [0.5, 0.6) is 0 Å². The Morgan fingerprint density at radius 3 is 2.32 bits per heavy atom. The van der Waals surface area contributed by atoms with Gasteiger partial charge in [0.15, 0.2) is 0 Å². The van der Waals surface area contributed by atoms with Crippen LogP contribution in [-0.2, 0) is 11.3 Å². The molecule has 3 nitrogen and oxygen atoms in total. The van der Waals surface area contributed by atoms with Gasteiger partial charge in [-0.2, -0.15) is 0 Å². The minimum absolute atomic E-state index is 0.0479. The number of benzene rings is 2. The molecule has 0 spiro atoms. The Hall–Kier alpha value is -2.00. The Kier molecular flexibility index (Phi) is 5.84. The second-order valence-corrected chi connectivity index (χ2v) is 6.08. The number of halogens is 1. The van der Waals surface area contributed by atoms with Crippen molar-refractivity contribution >= 4 is 28.9 Å². The molecule has 0 aliphatic carbocycles. The van der Waals surface area contributed by atoms with E-state index < -0.39 is 0 Å². The number of rotatable bonds is 6. The third-order valence-electron chi connectivity index (χ3n) is 3.20. The second-order valence-electron chi connectivity index (χ2n) is 5.67. The van der Waals surface area contributed by atoms with Crippen LogP contribution in [0.4, 0.5) is 11.4 Å². The van der Waals surface area contributed by atoms with Crippen molar-refractivity contribution in [3.05, 3.63) is 59.1 Å². The van der Waals surface area contributed by atoms with E-state index in [1.54, 1.807) is 0 Å². The molecular formula is C18H21ClN2O. The molecule has 0 heterocycles. The first-order valence-electron chi connectivity index (χ1n) is 7.42. The van der Waals surface area contributed by atoms with Crippen LogP contribution in [0.2, 0.25) is 5.02 Å². The zero-order valence-corrected chi connectivity index (χ0v) is 13.7. The maximum Gasteiger partial charge on any atom is 0.224 e. The number of anilines is 2. The van der Waals surface area contributed by atoms with E-state index in [1.807, 2.05) is 62.4 Å². The molecule has 0 fully saturated rings. The fourth-order valence-corrected chi connectivity index (χ4v) is 2.30. The maximum absolute atomic E-state index is 11.7. The topological polar surface area (TPSA) is 41.1 Å². The fourth-order valence-electron chi connectivity index (χ4n) is 2.09. The van der Waals surface area contributed by atoms with Gasteiger partial charge < -0.3 is 10.6 Å². The molecule has 0 radical (unpaired) electrons. The van der Waals surface area contributed by atoms with Gasteiger partial charge in [-0.1, -0.05) is 43.6 Å². The molecule has 0 unspecified atom stereocenters. The minimum atomic E-state index is 0.0479. The van der Waals surface area contributed by atoms with E-state index in [4.69, 9.17) is 11.6 Å². The highest BCUT2D eigenvalue weighted by Gasteiger charge is 2.05. The van der Waals surface area contributed by atoms with Gasteiger partial charge in [-0.3, -0.25) is 4.79 Å². The first-order valence-corrected chi connectivity index (χ1v) is 7.79. The number of hydrogen-bond donors (Lipinski definition) is 2. The Morgan fingerprint density at radius 2 is 1.68 bits per heavy atom. The molecule has 4 heteroatoms. The minimum Gasteiger partial charge on any atom is -0.381 e. The Labute approximate surface area is 136 Å². The van der Waals surface area contributed by atoms with Crippen LogP contribution >= 0.6 is 11.6 Å². The summed E-state index contributed by atoms with van der Waals surface area (Å²) in [7, 11) is 0. The third kappa shape index (κ3) is 5.08. The Balaban J connectivity index is 1.89. The van der Waals surface area contributed by atoms with E-state index in [-0.39, 0.29) is 5.91 Å². The molecule has 0 aliphatic rings. The van der Waals surface area contributed by atoms with Crippen LogP contribution < -0.4 is 10.6 Å². The van der Waals surface area contributed by atoms with E-state index >= 15 is 0 Å². The summed E-state index contributed by atoms with van der Waals surface area (Å²) in [5.41, 5.74) is 2.86. The molecule has 2 aromatic carbocycles. The van der Waals surface area contributed by atoms with Gasteiger partial charge in [0.05, 0.1) is 0 Å². The molecule has 0 aliphatic heterocycles. The van der Waals surface area contributed by atoms with Crippen molar-refractivity contribution in [1.82, 2.24) is 0 Å². The standard InChI is InChI=1S/C18H21ClN2O/c1-13(2)11-18(22)21-16-9-7-15(8-10-16)20-12-14-5-3-4-6-17(14)19/h3-10,13,20H,11-12H2,1-2H3,(H,21,22). The molecule has 0 bridgehead atoms. The van der Waals surface area contributed by atoms with Crippen LogP contribution in [0.15, 0.2) is 48.5 Å². The van der Waals surface area contributed by atoms with E-state index in [2.05, 4.69) is 10.6 Å². The number of carbonyl (C=O) groups excluding carboxylic acids is 1. The van der Waals surface area contributed by atoms with Gasteiger partial charge in [0.1, 0.15) is 0 Å². The molecule has 1 amide bonds. The van der Waals surface area contributed by atoms with Crippen molar-refractivity contribution in [3.8, 4) is 0 Å². The van der Waals surface area contributed by atoms with Crippen LogP contribution in [0.25, 0.3) is 0 Å². The predicted molar refractivity (Wildman–Crippen MR) is 93.3 cm³/mol. The summed E-state index contributed by atoms with van der Waals surface area (Å²) in [6.45, 7) is 4.72. The second kappa shape index (κ2) is 7.85. The van der Waals surface area contributed by atoms with E-state index in [9.17, 15) is 4.79 Å². The largest absolute Gasteiger partial charge is 0.381 e. The maximum atomic E-state index is 11.7. The van der Waals surface area contributed by atoms with Gasteiger partial charge in [0, 0.05) is 29.4 Å². The highest BCUT2D eigenvalue weighted by atomic mass is 35.5. The Morgan fingerprint density at radius 1 is 1.05 bits per heavy atom. The number of carbonyl (C=O) groups is 1.